The van der Waals surface area contributed by atoms with Gasteiger partial charge in [-0.05, 0) is 6.07 Å². The number of aromatic nitrogens is 1. The van der Waals surface area contributed by atoms with Crippen LogP contribution in [0.25, 0.3) is 0 Å². The van der Waals surface area contributed by atoms with Crippen molar-refractivity contribution in [2.45, 2.75) is 5.06 Å². The molecule has 1 aromatic rings. The van der Waals surface area contributed by atoms with Gasteiger partial charge >= 0.3 is 0 Å². The first-order valence-electron chi connectivity index (χ1n) is 3.05. The van der Waals surface area contributed by atoms with Gasteiger partial charge in [-0.25, -0.2) is 0 Å². The molecule has 0 saturated carbocycles. The fraction of sp³-hybridized carbons (Fsp3) is 0.286. The molecule has 1 aliphatic rings. The minimum Gasteiger partial charge on any atom is -0.348 e. The van der Waals surface area contributed by atoms with Crippen molar-refractivity contribution < 1.29 is 4.74 Å². The number of hydrogen-bond acceptors (Lipinski definition) is 2. The van der Waals surface area contributed by atoms with Gasteiger partial charge in [-0.2, -0.15) is 0 Å². The van der Waals surface area contributed by atoms with E-state index in [0.29, 0.717) is 6.61 Å². The number of nitrogens with zero attached hydrogens (tertiary/aromatic N) is 1. The van der Waals surface area contributed by atoms with E-state index in [1.165, 1.54) is 0 Å². The second-order valence-electron chi connectivity index (χ2n) is 2.26. The lowest BCUT2D eigenvalue weighted by Gasteiger charge is -1.99. The molecule has 0 spiro atoms. The average Bonchev–Trinajstić information content (AvgIpc) is 2.72. The Kier molecular flexibility index (Phi) is 1.19. The summed E-state index contributed by atoms with van der Waals surface area (Å²) in [4.78, 5) is 3.93. The molecule has 1 aliphatic heterocycles. The Bertz CT molecular complexity index is 233. The predicted octanol–water partition coefficient (Wildman–Crippen LogP) is 1.50. The molecule has 2 rings (SSSR count). The van der Waals surface area contributed by atoms with E-state index in [4.69, 9.17) is 16.3 Å². The Morgan fingerprint density at radius 1 is 1.70 bits per heavy atom. The van der Waals surface area contributed by atoms with Gasteiger partial charge in [0, 0.05) is 18.0 Å². The highest BCUT2D eigenvalue weighted by atomic mass is 35.5. The second kappa shape index (κ2) is 1.94. The predicted molar refractivity (Wildman–Crippen MR) is 37.7 cm³/mol. The molecule has 10 heavy (non-hydrogen) atoms. The van der Waals surface area contributed by atoms with Crippen molar-refractivity contribution >= 4 is 11.6 Å². The molecule has 0 aliphatic carbocycles. The van der Waals surface area contributed by atoms with Crippen LogP contribution >= 0.6 is 11.6 Å². The molecule has 1 saturated heterocycles. The van der Waals surface area contributed by atoms with Crippen molar-refractivity contribution in [1.82, 2.24) is 4.98 Å². The van der Waals surface area contributed by atoms with Crippen molar-refractivity contribution in [2.75, 3.05) is 6.61 Å². The highest BCUT2D eigenvalue weighted by Gasteiger charge is 2.44. The topological polar surface area (TPSA) is 25.4 Å². The molecule has 1 unspecified atom stereocenters. The third-order valence-electron chi connectivity index (χ3n) is 1.49. The number of rotatable bonds is 1. The van der Waals surface area contributed by atoms with Crippen LogP contribution in [0, 0.1) is 0 Å². The van der Waals surface area contributed by atoms with E-state index in [-0.39, 0.29) is 0 Å². The lowest BCUT2D eigenvalue weighted by Crippen LogP contribution is -1.97. The maximum Gasteiger partial charge on any atom is 0.192 e. The lowest BCUT2D eigenvalue weighted by molar-refractivity contribution is 0.385. The average molecular weight is 156 g/mol. The Hall–Kier alpha value is -0.600. The monoisotopic (exact) mass is 155 g/mol. The number of ether oxygens (including phenoxy) is 1. The van der Waals surface area contributed by atoms with Gasteiger partial charge in [0.25, 0.3) is 0 Å². The van der Waals surface area contributed by atoms with E-state index < -0.39 is 5.06 Å². The number of pyridine rings is 1. The molecule has 0 bridgehead atoms. The molecular weight excluding hydrogens is 150 g/mol. The molecule has 2 heterocycles. The zero-order valence-electron chi connectivity index (χ0n) is 5.25. The quantitative estimate of drug-likeness (QED) is 0.454. The van der Waals surface area contributed by atoms with Crippen LogP contribution in [0.15, 0.2) is 24.5 Å². The summed E-state index contributed by atoms with van der Waals surface area (Å²) < 4.78 is 5.01. The Balaban J connectivity index is 2.35. The zero-order chi connectivity index (χ0) is 7.03. The minimum atomic E-state index is -0.547. The third-order valence-corrected chi connectivity index (χ3v) is 1.93. The Labute approximate surface area is 63.8 Å². The van der Waals surface area contributed by atoms with Gasteiger partial charge in [-0.1, -0.05) is 17.7 Å². The molecule has 0 N–H and O–H groups in total. The number of epoxide rings is 1. The summed E-state index contributed by atoms with van der Waals surface area (Å²) in [6.07, 6.45) is 3.44. The normalized spacial score (nSPS) is 30.1. The molecule has 3 heteroatoms. The highest BCUT2D eigenvalue weighted by Crippen LogP contribution is 2.42. The fourth-order valence-corrected chi connectivity index (χ4v) is 0.980. The van der Waals surface area contributed by atoms with E-state index >= 15 is 0 Å². The van der Waals surface area contributed by atoms with Crippen LogP contribution in [0.2, 0.25) is 0 Å². The summed E-state index contributed by atoms with van der Waals surface area (Å²) in [6.45, 7) is 0.597. The molecule has 2 nitrogen and oxygen atoms in total. The summed E-state index contributed by atoms with van der Waals surface area (Å²) in [6, 6.07) is 3.76. The van der Waals surface area contributed by atoms with Crippen molar-refractivity contribution in [3.63, 3.8) is 0 Å². The van der Waals surface area contributed by atoms with Gasteiger partial charge in [0.1, 0.15) is 0 Å². The van der Waals surface area contributed by atoms with Crippen molar-refractivity contribution in [1.29, 1.82) is 0 Å². The third kappa shape index (κ3) is 0.895. The molecule has 0 aromatic carbocycles. The van der Waals surface area contributed by atoms with Crippen LogP contribution in [0.1, 0.15) is 5.56 Å². The van der Waals surface area contributed by atoms with Crippen LogP contribution in [0.3, 0.4) is 0 Å². The molecular formula is C7H6ClNO. The van der Waals surface area contributed by atoms with Crippen molar-refractivity contribution in [2.24, 2.45) is 0 Å². The Morgan fingerprint density at radius 3 is 3.00 bits per heavy atom. The summed E-state index contributed by atoms with van der Waals surface area (Å²) in [5, 5.41) is -0.547. The van der Waals surface area contributed by atoms with Crippen LogP contribution in [0.4, 0.5) is 0 Å². The first kappa shape index (κ1) is 6.13. The summed E-state index contributed by atoms with van der Waals surface area (Å²) >= 11 is 5.91. The van der Waals surface area contributed by atoms with Crippen LogP contribution in [-0.2, 0) is 9.80 Å². The molecule has 52 valence electrons. The number of alkyl halides is 1. The van der Waals surface area contributed by atoms with Crippen molar-refractivity contribution in [3.05, 3.63) is 30.1 Å². The zero-order valence-corrected chi connectivity index (χ0v) is 6.01. The summed E-state index contributed by atoms with van der Waals surface area (Å²) in [5.41, 5.74) is 0.941. The van der Waals surface area contributed by atoms with E-state index in [1.54, 1.807) is 12.4 Å². The molecule has 1 fully saturated rings. The van der Waals surface area contributed by atoms with Gasteiger partial charge < -0.3 is 4.74 Å². The molecule has 1 atom stereocenters. The van der Waals surface area contributed by atoms with Gasteiger partial charge in [-0.3, -0.25) is 4.98 Å². The van der Waals surface area contributed by atoms with Gasteiger partial charge in [0.05, 0.1) is 6.61 Å². The minimum absolute atomic E-state index is 0.547. The second-order valence-corrected chi connectivity index (χ2v) is 2.87. The molecule has 0 amide bonds. The van der Waals surface area contributed by atoms with E-state index in [9.17, 15) is 0 Å². The van der Waals surface area contributed by atoms with E-state index in [0.717, 1.165) is 5.56 Å². The van der Waals surface area contributed by atoms with Crippen molar-refractivity contribution in [3.8, 4) is 0 Å². The molecule has 1 aromatic heterocycles. The summed E-state index contributed by atoms with van der Waals surface area (Å²) in [5.74, 6) is 0. The number of halogens is 1. The Morgan fingerprint density at radius 2 is 2.50 bits per heavy atom. The fourth-order valence-electron chi connectivity index (χ4n) is 0.814. The lowest BCUT2D eigenvalue weighted by atomic mass is 10.2. The van der Waals surface area contributed by atoms with Crippen LogP contribution < -0.4 is 0 Å². The van der Waals surface area contributed by atoms with Gasteiger partial charge in [0.15, 0.2) is 5.06 Å². The molecule has 0 radical (unpaired) electrons. The SMILES string of the molecule is ClC1(c2cccnc2)CO1. The maximum atomic E-state index is 5.91. The van der Waals surface area contributed by atoms with Gasteiger partial charge in [-0.15, -0.1) is 0 Å². The van der Waals surface area contributed by atoms with Crippen LogP contribution in [-0.4, -0.2) is 11.6 Å². The van der Waals surface area contributed by atoms with E-state index in [1.807, 2.05) is 12.1 Å². The first-order valence-corrected chi connectivity index (χ1v) is 3.42. The van der Waals surface area contributed by atoms with E-state index in [2.05, 4.69) is 4.98 Å². The standard InChI is InChI=1S/C7H6ClNO/c8-7(5-10-7)6-2-1-3-9-4-6/h1-4H,5H2. The maximum absolute atomic E-state index is 5.91. The van der Waals surface area contributed by atoms with Crippen LogP contribution in [0.5, 0.6) is 0 Å². The van der Waals surface area contributed by atoms with Gasteiger partial charge in [0.2, 0.25) is 0 Å². The first-order chi connectivity index (χ1) is 4.81. The largest absolute Gasteiger partial charge is 0.348 e. The highest BCUT2D eigenvalue weighted by molar-refractivity contribution is 6.24. The smallest absolute Gasteiger partial charge is 0.192 e. The number of hydrogen-bond donors (Lipinski definition) is 0. The summed E-state index contributed by atoms with van der Waals surface area (Å²) in [7, 11) is 0.